The van der Waals surface area contributed by atoms with Crippen LogP contribution >= 0.6 is 0 Å². The number of methoxy groups -OCH3 is 1. The number of hydrogen-bond acceptors (Lipinski definition) is 7. The molecule has 2 saturated heterocycles. The average molecular weight is 488 g/mol. The lowest BCUT2D eigenvalue weighted by Crippen LogP contribution is -2.43. The molecule has 4 rings (SSSR count). The van der Waals surface area contributed by atoms with Crippen molar-refractivity contribution in [3.05, 3.63) is 48.5 Å². The maximum absolute atomic E-state index is 13.1. The van der Waals surface area contributed by atoms with Gasteiger partial charge < -0.3 is 14.8 Å². The van der Waals surface area contributed by atoms with Gasteiger partial charge in [0.2, 0.25) is 5.91 Å². The Bertz CT molecular complexity index is 1130. The molecular formula is C24H29N3O6S. The number of amides is 2. The number of rotatable bonds is 7. The number of sulfone groups is 1. The van der Waals surface area contributed by atoms with E-state index in [2.05, 4.69) is 10.2 Å². The van der Waals surface area contributed by atoms with Crippen LogP contribution in [0.3, 0.4) is 0 Å². The zero-order valence-electron chi connectivity index (χ0n) is 19.3. The minimum absolute atomic E-state index is 0.206. The third-order valence-electron chi connectivity index (χ3n) is 6.20. The number of hydrogen-bond donors (Lipinski definition) is 1. The highest BCUT2D eigenvalue weighted by Crippen LogP contribution is 2.28. The Hall–Kier alpha value is -3.11. The van der Waals surface area contributed by atoms with Crippen molar-refractivity contribution in [2.45, 2.75) is 36.0 Å². The third-order valence-corrected chi connectivity index (χ3v) is 8.47. The number of carbonyl (C=O) groups excluding carboxylic acids is 2. The van der Waals surface area contributed by atoms with E-state index in [0.717, 1.165) is 5.69 Å². The fourth-order valence-corrected chi connectivity index (χ4v) is 6.14. The third kappa shape index (κ3) is 5.34. The van der Waals surface area contributed by atoms with Gasteiger partial charge in [-0.2, -0.15) is 0 Å². The lowest BCUT2D eigenvalue weighted by Gasteiger charge is -2.32. The fourth-order valence-electron chi connectivity index (χ4n) is 4.40. The van der Waals surface area contributed by atoms with Gasteiger partial charge in [0.05, 0.1) is 23.8 Å². The van der Waals surface area contributed by atoms with Crippen molar-refractivity contribution >= 4 is 33.2 Å². The van der Waals surface area contributed by atoms with E-state index < -0.39 is 15.1 Å². The van der Waals surface area contributed by atoms with Gasteiger partial charge in [-0.3, -0.25) is 14.6 Å². The molecule has 1 unspecified atom stereocenters. The molecule has 0 bridgehead atoms. The summed E-state index contributed by atoms with van der Waals surface area (Å²) in [5.41, 5.74) is 1.32. The number of benzene rings is 2. The first kappa shape index (κ1) is 24.0. The molecule has 34 heavy (non-hydrogen) atoms. The molecule has 2 aliphatic rings. The van der Waals surface area contributed by atoms with E-state index in [1.54, 1.807) is 48.4 Å². The minimum atomic E-state index is -3.46. The summed E-state index contributed by atoms with van der Waals surface area (Å²) in [4.78, 5) is 27.5. The first-order chi connectivity index (χ1) is 16.3. The Labute approximate surface area is 199 Å². The summed E-state index contributed by atoms with van der Waals surface area (Å²) in [6, 6.07) is 13.5. The Morgan fingerprint density at radius 3 is 2.32 bits per heavy atom. The van der Waals surface area contributed by atoms with E-state index in [4.69, 9.17) is 9.47 Å². The van der Waals surface area contributed by atoms with Gasteiger partial charge in [-0.1, -0.05) is 0 Å². The van der Waals surface area contributed by atoms with Crippen LogP contribution in [0, 0.1) is 0 Å². The van der Waals surface area contributed by atoms with Crippen LogP contribution in [0.1, 0.15) is 19.8 Å². The molecule has 0 spiro atoms. The van der Waals surface area contributed by atoms with E-state index >= 15 is 0 Å². The second-order valence-corrected chi connectivity index (χ2v) is 10.8. The van der Waals surface area contributed by atoms with Crippen molar-refractivity contribution in [1.82, 2.24) is 4.90 Å². The second-order valence-electron chi connectivity index (χ2n) is 8.56. The highest BCUT2D eigenvalue weighted by molar-refractivity contribution is 7.92. The largest absolute Gasteiger partial charge is 0.497 e. The van der Waals surface area contributed by atoms with Crippen molar-refractivity contribution in [3.8, 4) is 5.75 Å². The van der Waals surface area contributed by atoms with Gasteiger partial charge in [0, 0.05) is 24.8 Å². The van der Waals surface area contributed by atoms with Crippen molar-refractivity contribution in [2.24, 2.45) is 0 Å². The van der Waals surface area contributed by atoms with Crippen LogP contribution in [0.2, 0.25) is 0 Å². The number of nitrogens with one attached hydrogen (secondary N) is 1. The van der Waals surface area contributed by atoms with Crippen LogP contribution in [-0.2, 0) is 19.4 Å². The molecule has 182 valence electrons. The van der Waals surface area contributed by atoms with E-state index in [9.17, 15) is 18.0 Å². The Morgan fingerprint density at radius 2 is 1.74 bits per heavy atom. The Kier molecular flexibility index (Phi) is 7.08. The van der Waals surface area contributed by atoms with E-state index in [1.165, 1.54) is 6.92 Å². The Morgan fingerprint density at radius 1 is 1.09 bits per heavy atom. The van der Waals surface area contributed by atoms with Gasteiger partial charge in [-0.25, -0.2) is 13.2 Å². The number of cyclic esters (lactones) is 1. The molecule has 2 heterocycles. The van der Waals surface area contributed by atoms with Gasteiger partial charge in [0.15, 0.2) is 9.84 Å². The van der Waals surface area contributed by atoms with Gasteiger partial charge in [-0.15, -0.1) is 0 Å². The van der Waals surface area contributed by atoms with E-state index in [-0.39, 0.29) is 23.0 Å². The summed E-state index contributed by atoms with van der Waals surface area (Å²) < 4.78 is 36.9. The van der Waals surface area contributed by atoms with Gasteiger partial charge >= 0.3 is 6.09 Å². The van der Waals surface area contributed by atoms with Gasteiger partial charge in [-0.05, 0) is 74.5 Å². The molecule has 1 N–H and O–H groups in total. The molecule has 2 amide bonds. The van der Waals surface area contributed by atoms with E-state index in [0.29, 0.717) is 50.5 Å². The summed E-state index contributed by atoms with van der Waals surface area (Å²) in [7, 11) is -1.87. The first-order valence-electron chi connectivity index (χ1n) is 11.2. The molecule has 1 atom stereocenters. The van der Waals surface area contributed by atoms with Crippen LogP contribution in [-0.4, -0.2) is 70.0 Å². The molecule has 0 aromatic heterocycles. The quantitative estimate of drug-likeness (QED) is 0.640. The van der Waals surface area contributed by atoms with Crippen molar-refractivity contribution in [2.75, 3.05) is 43.5 Å². The minimum Gasteiger partial charge on any atom is -0.497 e. The summed E-state index contributed by atoms with van der Waals surface area (Å²) in [5.74, 6) is 0.511. The van der Waals surface area contributed by atoms with Crippen LogP contribution in [0.15, 0.2) is 53.4 Å². The average Bonchev–Trinajstić information content (AvgIpc) is 3.19. The summed E-state index contributed by atoms with van der Waals surface area (Å²) in [6.45, 7) is 3.65. The van der Waals surface area contributed by atoms with Crippen LogP contribution in [0.5, 0.6) is 5.75 Å². The zero-order chi connectivity index (χ0) is 24.3. The summed E-state index contributed by atoms with van der Waals surface area (Å²) >= 11 is 0. The van der Waals surface area contributed by atoms with Crippen LogP contribution in [0.25, 0.3) is 0 Å². The topological polar surface area (TPSA) is 105 Å². The number of anilines is 2. The number of ether oxygens (including phenoxy) is 2. The van der Waals surface area contributed by atoms with Gasteiger partial charge in [0.25, 0.3) is 0 Å². The standard InChI is InChI=1S/C24H29N3O6S/c1-17(28)25-18-3-9-22(10-4-18)34(30,31)23-11-13-26(14-12-23)15-21-16-27(24(29)33-21)19-5-7-20(32-2)8-6-19/h3-10,21,23H,11-16H2,1-2H3,(H,25,28). The zero-order valence-corrected chi connectivity index (χ0v) is 20.1. The molecule has 10 heteroatoms. The van der Waals surface area contributed by atoms with Gasteiger partial charge in [0.1, 0.15) is 11.9 Å². The van der Waals surface area contributed by atoms with Crippen molar-refractivity contribution in [3.63, 3.8) is 0 Å². The molecule has 0 aliphatic carbocycles. The van der Waals surface area contributed by atoms with Crippen molar-refractivity contribution < 1.29 is 27.5 Å². The predicted octanol–water partition coefficient (Wildman–Crippen LogP) is 2.92. The summed E-state index contributed by atoms with van der Waals surface area (Å²) in [6.07, 6.45) is 0.372. The van der Waals surface area contributed by atoms with Crippen LogP contribution in [0.4, 0.5) is 16.2 Å². The molecule has 0 saturated carbocycles. The fraction of sp³-hybridized carbons (Fsp3) is 0.417. The normalized spacial score (nSPS) is 19.6. The van der Waals surface area contributed by atoms with Crippen LogP contribution < -0.4 is 15.0 Å². The molecule has 2 aromatic rings. The van der Waals surface area contributed by atoms with Crippen molar-refractivity contribution in [1.29, 1.82) is 0 Å². The number of likely N-dealkylation sites (tertiary alicyclic amines) is 1. The van der Waals surface area contributed by atoms with E-state index in [1.807, 2.05) is 12.1 Å². The molecule has 2 fully saturated rings. The molecule has 0 radical (unpaired) electrons. The summed E-state index contributed by atoms with van der Waals surface area (Å²) in [5, 5.41) is 2.18. The maximum Gasteiger partial charge on any atom is 0.414 e. The highest BCUT2D eigenvalue weighted by atomic mass is 32.2. The molecule has 9 nitrogen and oxygen atoms in total. The Balaban J connectivity index is 1.30. The molecule has 2 aliphatic heterocycles. The number of nitrogens with zero attached hydrogens (tertiary/aromatic N) is 2. The smallest absolute Gasteiger partial charge is 0.414 e. The monoisotopic (exact) mass is 487 g/mol. The first-order valence-corrected chi connectivity index (χ1v) is 12.8. The lowest BCUT2D eigenvalue weighted by molar-refractivity contribution is -0.114. The highest BCUT2D eigenvalue weighted by Gasteiger charge is 2.36. The maximum atomic E-state index is 13.1. The predicted molar refractivity (Wildman–Crippen MR) is 128 cm³/mol. The lowest BCUT2D eigenvalue weighted by atomic mass is 10.1. The molecule has 2 aromatic carbocycles. The molecular weight excluding hydrogens is 458 g/mol. The number of piperidine rings is 1. The SMILES string of the molecule is COc1ccc(N2CC(CN3CCC(S(=O)(=O)c4ccc(NC(C)=O)cc4)CC3)OC2=O)cc1. The second kappa shape index (κ2) is 10.0. The number of carbonyl (C=O) groups is 2.